The Kier molecular flexibility index (Phi) is 9.10. The number of para-hydroxylation sites is 1. The second-order valence-electron chi connectivity index (χ2n) is 7.68. The van der Waals surface area contributed by atoms with E-state index in [1.165, 1.54) is 18.4 Å². The van der Waals surface area contributed by atoms with E-state index in [4.69, 9.17) is 4.74 Å². The second-order valence-corrected chi connectivity index (χ2v) is 7.68. The third kappa shape index (κ3) is 5.69. The fourth-order valence-corrected chi connectivity index (χ4v) is 4.20. The number of halogens is 1. The Morgan fingerprint density at radius 1 is 1.09 bits per heavy atom. The number of nitrogens with one attached hydrogen (secondary N) is 2. The summed E-state index contributed by atoms with van der Waals surface area (Å²) in [5.41, 5.74) is 2.08. The van der Waals surface area contributed by atoms with Gasteiger partial charge in [-0.05, 0) is 44.1 Å². The van der Waals surface area contributed by atoms with Gasteiger partial charge in [0.15, 0.2) is 11.6 Å². The molecule has 1 fully saturated rings. The molecule has 3 heterocycles. The molecule has 1 aliphatic heterocycles. The lowest BCUT2D eigenvalue weighted by Crippen LogP contribution is -2.43. The first-order valence-electron chi connectivity index (χ1n) is 10.9. The highest BCUT2D eigenvalue weighted by molar-refractivity contribution is 14.0. The van der Waals surface area contributed by atoms with Crippen LogP contribution in [0.3, 0.4) is 0 Å². The standard InChI is InChI=1S/C23H31N7O.HI/c1-24-23(25-13-12-22-28-27-21-11-5-6-16-30(21)22)26-17-19(29-14-7-8-15-29)18-9-3-4-10-20(18)31-2;/h3-6,9-11,16,19H,7-8,12-15,17H2,1-2H3,(H2,24,25,26);1H. The van der Waals surface area contributed by atoms with Gasteiger partial charge >= 0.3 is 0 Å². The van der Waals surface area contributed by atoms with E-state index in [0.717, 1.165) is 55.8 Å². The van der Waals surface area contributed by atoms with Crippen LogP contribution in [0, 0.1) is 0 Å². The number of methoxy groups -OCH3 is 1. The lowest BCUT2D eigenvalue weighted by atomic mass is 10.0. The minimum Gasteiger partial charge on any atom is -0.496 e. The normalized spacial score (nSPS) is 15.4. The molecule has 2 aromatic heterocycles. The molecule has 2 N–H and O–H groups in total. The lowest BCUT2D eigenvalue weighted by Gasteiger charge is -2.30. The summed E-state index contributed by atoms with van der Waals surface area (Å²) >= 11 is 0. The molecule has 0 spiro atoms. The number of rotatable bonds is 8. The highest BCUT2D eigenvalue weighted by atomic mass is 127. The molecule has 1 unspecified atom stereocenters. The van der Waals surface area contributed by atoms with Gasteiger partial charge in [-0.25, -0.2) is 0 Å². The van der Waals surface area contributed by atoms with Gasteiger partial charge in [0.2, 0.25) is 0 Å². The predicted octanol–water partition coefficient (Wildman–Crippen LogP) is 2.90. The maximum absolute atomic E-state index is 5.64. The van der Waals surface area contributed by atoms with Crippen molar-refractivity contribution in [3.8, 4) is 5.75 Å². The van der Waals surface area contributed by atoms with Crippen molar-refractivity contribution >= 4 is 35.6 Å². The summed E-state index contributed by atoms with van der Waals surface area (Å²) in [5.74, 6) is 2.65. The number of nitrogens with zero attached hydrogens (tertiary/aromatic N) is 5. The molecule has 1 saturated heterocycles. The van der Waals surface area contributed by atoms with Crippen LogP contribution in [0.5, 0.6) is 5.75 Å². The fraction of sp³-hybridized carbons (Fsp3) is 0.435. The van der Waals surface area contributed by atoms with E-state index < -0.39 is 0 Å². The third-order valence-electron chi connectivity index (χ3n) is 5.79. The van der Waals surface area contributed by atoms with Crippen molar-refractivity contribution in [2.75, 3.05) is 40.3 Å². The molecular formula is C23H32IN7O. The Labute approximate surface area is 206 Å². The number of aromatic nitrogens is 3. The van der Waals surface area contributed by atoms with Crippen LogP contribution < -0.4 is 15.4 Å². The predicted molar refractivity (Wildman–Crippen MR) is 138 cm³/mol. The van der Waals surface area contributed by atoms with Crippen molar-refractivity contribution in [2.24, 2.45) is 4.99 Å². The number of fused-ring (bicyclic) bond motifs is 1. The van der Waals surface area contributed by atoms with Gasteiger partial charge in [-0.1, -0.05) is 24.3 Å². The fourth-order valence-electron chi connectivity index (χ4n) is 4.20. The van der Waals surface area contributed by atoms with E-state index >= 15 is 0 Å². The molecule has 172 valence electrons. The van der Waals surface area contributed by atoms with Crippen LogP contribution in [0.15, 0.2) is 53.7 Å². The molecule has 1 atom stereocenters. The highest BCUT2D eigenvalue weighted by Gasteiger charge is 2.26. The number of hydrogen-bond donors (Lipinski definition) is 2. The SMILES string of the molecule is CN=C(NCCc1nnc2ccccn12)NCC(c1ccccc1OC)N1CCCC1.I. The maximum Gasteiger partial charge on any atom is 0.191 e. The summed E-state index contributed by atoms with van der Waals surface area (Å²) in [5, 5.41) is 15.4. The van der Waals surface area contributed by atoms with Gasteiger partial charge in [-0.2, -0.15) is 0 Å². The molecule has 3 aromatic rings. The van der Waals surface area contributed by atoms with Crippen molar-refractivity contribution in [1.82, 2.24) is 30.1 Å². The minimum absolute atomic E-state index is 0. The molecule has 4 rings (SSSR count). The van der Waals surface area contributed by atoms with Gasteiger partial charge in [0.05, 0.1) is 13.2 Å². The van der Waals surface area contributed by atoms with Crippen LogP contribution in [0.1, 0.15) is 30.3 Å². The monoisotopic (exact) mass is 549 g/mol. The van der Waals surface area contributed by atoms with E-state index in [9.17, 15) is 0 Å². The summed E-state index contributed by atoms with van der Waals surface area (Å²) in [7, 11) is 3.54. The number of aliphatic imine (C=N–C) groups is 1. The molecule has 9 heteroatoms. The van der Waals surface area contributed by atoms with Gasteiger partial charge < -0.3 is 15.4 Å². The first kappa shape index (κ1) is 24.2. The third-order valence-corrected chi connectivity index (χ3v) is 5.79. The molecule has 0 amide bonds. The van der Waals surface area contributed by atoms with E-state index in [1.54, 1.807) is 14.2 Å². The Hall–Kier alpha value is -2.40. The topological polar surface area (TPSA) is 79.1 Å². The van der Waals surface area contributed by atoms with Crippen LogP contribution in [0.4, 0.5) is 0 Å². The Morgan fingerprint density at radius 2 is 1.88 bits per heavy atom. The average Bonchev–Trinajstić information content (AvgIpc) is 3.49. The zero-order valence-electron chi connectivity index (χ0n) is 18.7. The Bertz CT molecular complexity index is 1020. The molecular weight excluding hydrogens is 517 g/mol. The Balaban J connectivity index is 0.00000289. The van der Waals surface area contributed by atoms with Crippen LogP contribution in [0.2, 0.25) is 0 Å². The average molecular weight is 549 g/mol. The highest BCUT2D eigenvalue weighted by Crippen LogP contribution is 2.31. The number of benzene rings is 1. The molecule has 1 aliphatic rings. The van der Waals surface area contributed by atoms with Crippen LogP contribution >= 0.6 is 24.0 Å². The van der Waals surface area contributed by atoms with E-state index in [2.05, 4.69) is 42.9 Å². The van der Waals surface area contributed by atoms with Crippen LogP contribution in [-0.2, 0) is 6.42 Å². The van der Waals surface area contributed by atoms with Crippen molar-refractivity contribution in [3.05, 3.63) is 60.0 Å². The number of ether oxygens (including phenoxy) is 1. The van der Waals surface area contributed by atoms with Gasteiger partial charge in [-0.15, -0.1) is 34.2 Å². The molecule has 8 nitrogen and oxygen atoms in total. The summed E-state index contributed by atoms with van der Waals surface area (Å²) < 4.78 is 7.66. The zero-order chi connectivity index (χ0) is 21.5. The summed E-state index contributed by atoms with van der Waals surface area (Å²) in [6, 6.07) is 14.5. The molecule has 0 aliphatic carbocycles. The number of likely N-dealkylation sites (tertiary alicyclic amines) is 1. The molecule has 0 radical (unpaired) electrons. The zero-order valence-corrected chi connectivity index (χ0v) is 21.0. The summed E-state index contributed by atoms with van der Waals surface area (Å²) in [6.07, 6.45) is 5.23. The van der Waals surface area contributed by atoms with Crippen molar-refractivity contribution in [2.45, 2.75) is 25.3 Å². The maximum atomic E-state index is 5.64. The second kappa shape index (κ2) is 12.0. The Morgan fingerprint density at radius 3 is 2.66 bits per heavy atom. The molecule has 0 saturated carbocycles. The number of hydrogen-bond acceptors (Lipinski definition) is 5. The first-order valence-corrected chi connectivity index (χ1v) is 10.9. The van der Waals surface area contributed by atoms with Gasteiger partial charge in [0, 0.05) is 38.3 Å². The van der Waals surface area contributed by atoms with Crippen molar-refractivity contribution in [3.63, 3.8) is 0 Å². The van der Waals surface area contributed by atoms with Gasteiger partial charge in [0.25, 0.3) is 0 Å². The van der Waals surface area contributed by atoms with Gasteiger partial charge in [0.1, 0.15) is 11.6 Å². The quantitative estimate of drug-likeness (QED) is 0.256. The van der Waals surface area contributed by atoms with Crippen LogP contribution in [0.25, 0.3) is 5.65 Å². The molecule has 0 bridgehead atoms. The first-order chi connectivity index (χ1) is 15.3. The van der Waals surface area contributed by atoms with E-state index in [-0.39, 0.29) is 30.0 Å². The summed E-state index contributed by atoms with van der Waals surface area (Å²) in [6.45, 7) is 3.69. The smallest absolute Gasteiger partial charge is 0.191 e. The number of pyridine rings is 1. The van der Waals surface area contributed by atoms with E-state index in [0.29, 0.717) is 0 Å². The summed E-state index contributed by atoms with van der Waals surface area (Å²) in [4.78, 5) is 6.93. The van der Waals surface area contributed by atoms with Crippen molar-refractivity contribution < 1.29 is 4.74 Å². The molecule has 1 aromatic carbocycles. The van der Waals surface area contributed by atoms with Crippen molar-refractivity contribution in [1.29, 1.82) is 0 Å². The largest absolute Gasteiger partial charge is 0.496 e. The molecule has 32 heavy (non-hydrogen) atoms. The van der Waals surface area contributed by atoms with Crippen LogP contribution in [-0.4, -0.2) is 65.8 Å². The minimum atomic E-state index is 0. The van der Waals surface area contributed by atoms with E-state index in [1.807, 2.05) is 40.9 Å². The lowest BCUT2D eigenvalue weighted by molar-refractivity contribution is 0.239. The number of guanidine groups is 1. The van der Waals surface area contributed by atoms with Gasteiger partial charge in [-0.3, -0.25) is 14.3 Å².